The van der Waals surface area contributed by atoms with Gasteiger partial charge < -0.3 is 9.47 Å². The maximum Gasteiger partial charge on any atom is 0.310 e. The van der Waals surface area contributed by atoms with E-state index in [0.717, 1.165) is 11.3 Å². The number of nitrogens with zero attached hydrogens (tertiary/aromatic N) is 2. The Bertz CT molecular complexity index is 1060. The smallest absolute Gasteiger partial charge is 0.310 e. The minimum atomic E-state index is -0.947. The third kappa shape index (κ3) is 2.84. The van der Waals surface area contributed by atoms with Crippen molar-refractivity contribution in [3.05, 3.63) is 69.8 Å². The Kier molecular flexibility index (Phi) is 4.56. The van der Waals surface area contributed by atoms with Gasteiger partial charge in [0.05, 0.1) is 16.3 Å². The van der Waals surface area contributed by atoms with Crippen molar-refractivity contribution >= 4 is 23.4 Å². The highest BCUT2D eigenvalue weighted by Crippen LogP contribution is 2.54. The molecular weight excluding hydrogens is 384 g/mol. The monoisotopic (exact) mass is 408 g/mol. The first kappa shape index (κ1) is 19.9. The van der Waals surface area contributed by atoms with Crippen LogP contribution < -0.4 is 9.64 Å². The zero-order chi connectivity index (χ0) is 21.7. The van der Waals surface area contributed by atoms with Crippen LogP contribution in [0.1, 0.15) is 38.8 Å². The van der Waals surface area contributed by atoms with E-state index in [-0.39, 0.29) is 24.3 Å². The highest BCUT2D eigenvalue weighted by atomic mass is 16.6. The molecular formula is C23H24N2O5. The van der Waals surface area contributed by atoms with E-state index >= 15 is 0 Å². The largest absolute Gasteiger partial charge is 0.463 e. The zero-order valence-electron chi connectivity index (χ0n) is 17.4. The first-order valence-electron chi connectivity index (χ1n) is 9.88. The number of fused-ring (bicyclic) bond motifs is 2. The number of nitro benzene ring substituents is 1. The summed E-state index contributed by atoms with van der Waals surface area (Å²) < 4.78 is 12.1. The van der Waals surface area contributed by atoms with Crippen LogP contribution in [-0.4, -0.2) is 23.3 Å². The molecule has 4 rings (SSSR count). The van der Waals surface area contributed by atoms with Crippen LogP contribution in [0, 0.1) is 16.0 Å². The van der Waals surface area contributed by atoms with Crippen molar-refractivity contribution in [3.8, 4) is 5.75 Å². The minimum absolute atomic E-state index is 0.00892. The molecule has 0 bridgehead atoms. The summed E-state index contributed by atoms with van der Waals surface area (Å²) in [4.78, 5) is 24.8. The Morgan fingerprint density at radius 1 is 1.23 bits per heavy atom. The van der Waals surface area contributed by atoms with Crippen molar-refractivity contribution in [2.75, 3.05) is 11.6 Å². The Morgan fingerprint density at radius 3 is 2.67 bits per heavy atom. The van der Waals surface area contributed by atoms with Crippen molar-refractivity contribution < 1.29 is 19.2 Å². The van der Waals surface area contributed by atoms with Crippen LogP contribution in [0.4, 0.5) is 11.4 Å². The van der Waals surface area contributed by atoms with E-state index in [0.29, 0.717) is 11.3 Å². The number of carbonyl (C=O) groups is 1. The van der Waals surface area contributed by atoms with Crippen LogP contribution in [-0.2, 0) is 14.9 Å². The van der Waals surface area contributed by atoms with E-state index in [2.05, 4.69) is 13.8 Å². The van der Waals surface area contributed by atoms with E-state index in [1.54, 1.807) is 19.9 Å². The van der Waals surface area contributed by atoms with Gasteiger partial charge in [-0.2, -0.15) is 0 Å². The van der Waals surface area contributed by atoms with E-state index in [4.69, 9.17) is 9.47 Å². The van der Waals surface area contributed by atoms with Crippen molar-refractivity contribution in [1.82, 2.24) is 0 Å². The maximum atomic E-state index is 12.2. The molecule has 7 heteroatoms. The van der Waals surface area contributed by atoms with Crippen LogP contribution in [0.25, 0.3) is 6.08 Å². The second-order valence-electron chi connectivity index (χ2n) is 8.43. The molecule has 0 aromatic heterocycles. The van der Waals surface area contributed by atoms with Crippen LogP contribution >= 0.6 is 0 Å². The Hall–Kier alpha value is -3.35. The lowest BCUT2D eigenvalue weighted by Gasteiger charge is -2.46. The molecule has 0 saturated heterocycles. The molecule has 1 unspecified atom stereocenters. The SMILES string of the molecule is CC(C)C(=O)OCN1c2ccccc2C(C)(C)C12C=Cc1cc([N+](=O)[O-])ccc1O2. The lowest BCUT2D eigenvalue weighted by molar-refractivity contribution is -0.384. The first-order chi connectivity index (χ1) is 14.2. The maximum absolute atomic E-state index is 12.2. The van der Waals surface area contributed by atoms with Gasteiger partial charge in [0, 0.05) is 23.4 Å². The molecule has 0 aliphatic carbocycles. The molecule has 0 radical (unpaired) electrons. The number of nitro groups is 1. The molecule has 2 heterocycles. The number of carbonyl (C=O) groups excluding carboxylic acids is 1. The molecule has 7 nitrogen and oxygen atoms in total. The van der Waals surface area contributed by atoms with E-state index in [9.17, 15) is 14.9 Å². The number of esters is 1. The molecule has 1 spiro atoms. The van der Waals surface area contributed by atoms with Gasteiger partial charge in [0.25, 0.3) is 5.69 Å². The Labute approximate surface area is 175 Å². The molecule has 156 valence electrons. The van der Waals surface area contributed by atoms with E-state index in [1.807, 2.05) is 41.3 Å². The Balaban J connectivity index is 1.79. The lowest BCUT2D eigenvalue weighted by Crippen LogP contribution is -2.60. The van der Waals surface area contributed by atoms with Gasteiger partial charge in [-0.3, -0.25) is 19.8 Å². The number of benzene rings is 2. The molecule has 30 heavy (non-hydrogen) atoms. The molecule has 0 fully saturated rings. The van der Waals surface area contributed by atoms with Crippen molar-refractivity contribution in [2.45, 2.75) is 38.8 Å². The van der Waals surface area contributed by atoms with Crippen LogP contribution in [0.2, 0.25) is 0 Å². The number of rotatable bonds is 4. The van der Waals surface area contributed by atoms with E-state index < -0.39 is 16.1 Å². The minimum Gasteiger partial charge on any atom is -0.463 e. The number of anilines is 1. The third-order valence-electron chi connectivity index (χ3n) is 5.93. The average Bonchev–Trinajstić information content (AvgIpc) is 2.89. The molecule has 2 aliphatic rings. The second kappa shape index (κ2) is 6.86. The summed E-state index contributed by atoms with van der Waals surface area (Å²) in [7, 11) is 0. The molecule has 0 N–H and O–H groups in total. The third-order valence-corrected chi connectivity index (χ3v) is 5.93. The summed E-state index contributed by atoms with van der Waals surface area (Å²) >= 11 is 0. The molecule has 2 aromatic rings. The van der Waals surface area contributed by atoms with Crippen molar-refractivity contribution in [1.29, 1.82) is 0 Å². The van der Waals surface area contributed by atoms with E-state index in [1.165, 1.54) is 12.1 Å². The molecule has 2 aromatic carbocycles. The summed E-state index contributed by atoms with van der Waals surface area (Å²) in [6.45, 7) is 7.78. The Morgan fingerprint density at radius 2 is 1.97 bits per heavy atom. The predicted molar refractivity (Wildman–Crippen MR) is 113 cm³/mol. The quantitative estimate of drug-likeness (QED) is 0.416. The highest BCUT2D eigenvalue weighted by molar-refractivity contribution is 5.75. The molecule has 2 aliphatic heterocycles. The summed E-state index contributed by atoms with van der Waals surface area (Å²) in [5.74, 6) is 0.0169. The van der Waals surface area contributed by atoms with Crippen molar-refractivity contribution in [3.63, 3.8) is 0 Å². The summed E-state index contributed by atoms with van der Waals surface area (Å²) in [6, 6.07) is 12.5. The standard InChI is InChI=1S/C23H24N2O5/c1-15(2)21(26)29-14-24-19-8-6-5-7-18(19)22(3,4)23(24)12-11-16-13-17(25(27)28)9-10-20(16)30-23/h5-13,15H,14H2,1-4H3. The van der Waals surface area contributed by atoms with Crippen LogP contribution in [0.15, 0.2) is 48.5 Å². The molecule has 0 amide bonds. The normalized spacial score (nSPS) is 20.6. The molecule has 0 saturated carbocycles. The first-order valence-corrected chi connectivity index (χ1v) is 9.88. The predicted octanol–water partition coefficient (Wildman–Crippen LogP) is 4.65. The summed E-state index contributed by atoms with van der Waals surface area (Å²) in [5, 5.41) is 11.1. The fourth-order valence-corrected chi connectivity index (χ4v) is 4.17. The number of hydrogen-bond donors (Lipinski definition) is 0. The fourth-order valence-electron chi connectivity index (χ4n) is 4.17. The van der Waals surface area contributed by atoms with Gasteiger partial charge in [-0.25, -0.2) is 0 Å². The number of non-ortho nitro benzene ring substituents is 1. The zero-order valence-corrected chi connectivity index (χ0v) is 17.4. The lowest BCUT2D eigenvalue weighted by atomic mass is 9.76. The second-order valence-corrected chi connectivity index (χ2v) is 8.43. The van der Waals surface area contributed by atoms with Gasteiger partial charge in [-0.05, 0) is 43.7 Å². The van der Waals surface area contributed by atoms with Crippen LogP contribution in [0.3, 0.4) is 0 Å². The van der Waals surface area contributed by atoms with Crippen LogP contribution in [0.5, 0.6) is 5.75 Å². The summed E-state index contributed by atoms with van der Waals surface area (Å²) in [6.07, 6.45) is 3.75. The number of ether oxygens (including phenoxy) is 2. The van der Waals surface area contributed by atoms with Crippen molar-refractivity contribution in [2.24, 2.45) is 5.92 Å². The molecule has 1 atom stereocenters. The van der Waals surface area contributed by atoms with Gasteiger partial charge in [0.1, 0.15) is 5.75 Å². The fraction of sp³-hybridized carbons (Fsp3) is 0.348. The topological polar surface area (TPSA) is 81.9 Å². The summed E-state index contributed by atoms with van der Waals surface area (Å²) in [5.41, 5.74) is 1.21. The van der Waals surface area contributed by atoms with Gasteiger partial charge >= 0.3 is 5.97 Å². The average molecular weight is 408 g/mol. The number of para-hydroxylation sites is 1. The van der Waals surface area contributed by atoms with Gasteiger partial charge in [0.2, 0.25) is 5.72 Å². The van der Waals surface area contributed by atoms with Gasteiger partial charge in [-0.15, -0.1) is 0 Å². The highest BCUT2D eigenvalue weighted by Gasteiger charge is 2.59. The van der Waals surface area contributed by atoms with Gasteiger partial charge in [0.15, 0.2) is 6.73 Å². The van der Waals surface area contributed by atoms with Gasteiger partial charge in [-0.1, -0.05) is 32.0 Å². The number of hydrogen-bond acceptors (Lipinski definition) is 6.